The zero-order valence-electron chi connectivity index (χ0n) is 10.5. The molecule has 0 heterocycles. The zero-order chi connectivity index (χ0) is 13.7. The molecule has 0 aliphatic rings. The average Bonchev–Trinajstić information content (AvgIpc) is 2.28. The molecule has 0 fully saturated rings. The van der Waals surface area contributed by atoms with E-state index in [-0.39, 0.29) is 30.7 Å². The lowest BCUT2D eigenvalue weighted by atomic mass is 10.1. The van der Waals surface area contributed by atoms with Crippen LogP contribution in [0.4, 0.5) is 0 Å². The highest BCUT2D eigenvalue weighted by Crippen LogP contribution is 2.14. The first kappa shape index (κ1) is 14.0. The summed E-state index contributed by atoms with van der Waals surface area (Å²) >= 11 is 0. The Labute approximate surface area is 106 Å². The molecule has 5 heteroatoms. The monoisotopic (exact) mass is 251 g/mol. The summed E-state index contributed by atoms with van der Waals surface area (Å²) in [7, 11) is 0. The minimum absolute atomic E-state index is 0.0165. The van der Waals surface area contributed by atoms with E-state index < -0.39 is 5.97 Å². The van der Waals surface area contributed by atoms with Crippen molar-refractivity contribution >= 4 is 11.9 Å². The Morgan fingerprint density at radius 2 is 2.00 bits per heavy atom. The Morgan fingerprint density at radius 1 is 1.33 bits per heavy atom. The molecule has 0 unspecified atom stereocenters. The van der Waals surface area contributed by atoms with Crippen molar-refractivity contribution < 1.29 is 19.8 Å². The summed E-state index contributed by atoms with van der Waals surface area (Å²) in [4.78, 5) is 24.2. The van der Waals surface area contributed by atoms with E-state index in [1.807, 2.05) is 13.8 Å². The Bertz CT molecular complexity index is 442. The minimum Gasteiger partial charge on any atom is -0.508 e. The second-order valence-corrected chi connectivity index (χ2v) is 4.29. The van der Waals surface area contributed by atoms with Crippen LogP contribution in [0.25, 0.3) is 0 Å². The Kier molecular flexibility index (Phi) is 4.71. The molecule has 1 rings (SSSR count). The van der Waals surface area contributed by atoms with E-state index in [1.165, 1.54) is 17.0 Å². The molecule has 5 nitrogen and oxygen atoms in total. The molecule has 0 spiro atoms. The molecule has 1 amide bonds. The smallest absolute Gasteiger partial charge is 0.305 e. The van der Waals surface area contributed by atoms with Gasteiger partial charge < -0.3 is 15.1 Å². The molecule has 1 aromatic carbocycles. The summed E-state index contributed by atoms with van der Waals surface area (Å²) in [5.74, 6) is -1.20. The topological polar surface area (TPSA) is 77.8 Å². The van der Waals surface area contributed by atoms with Gasteiger partial charge in [0.1, 0.15) is 5.75 Å². The fourth-order valence-electron chi connectivity index (χ4n) is 1.62. The van der Waals surface area contributed by atoms with Gasteiger partial charge in [0.05, 0.1) is 6.42 Å². The van der Waals surface area contributed by atoms with Gasteiger partial charge in [-0.3, -0.25) is 9.59 Å². The average molecular weight is 251 g/mol. The lowest BCUT2D eigenvalue weighted by Crippen LogP contribution is -2.38. The number of benzene rings is 1. The van der Waals surface area contributed by atoms with Gasteiger partial charge in [-0.15, -0.1) is 0 Å². The van der Waals surface area contributed by atoms with Crippen LogP contribution in [0, 0.1) is 0 Å². The molecule has 0 aromatic heterocycles. The molecule has 98 valence electrons. The van der Waals surface area contributed by atoms with E-state index in [0.29, 0.717) is 5.56 Å². The maximum atomic E-state index is 12.2. The number of aliphatic carboxylic acids is 1. The van der Waals surface area contributed by atoms with Crippen molar-refractivity contribution in [1.29, 1.82) is 0 Å². The Morgan fingerprint density at radius 3 is 2.50 bits per heavy atom. The standard InChI is InChI=1S/C13H17NO4/c1-9(2)14(7-6-12(16)17)13(18)10-4-3-5-11(15)8-10/h3-5,8-9,15H,6-7H2,1-2H3,(H,16,17). The number of phenolic OH excluding ortho intramolecular Hbond substituents is 1. The highest BCUT2D eigenvalue weighted by molar-refractivity contribution is 5.95. The molecule has 0 bridgehead atoms. The minimum atomic E-state index is -0.940. The number of carbonyl (C=O) groups is 2. The highest BCUT2D eigenvalue weighted by atomic mass is 16.4. The van der Waals surface area contributed by atoms with Crippen LogP contribution in [-0.2, 0) is 4.79 Å². The van der Waals surface area contributed by atoms with Gasteiger partial charge in [-0.25, -0.2) is 0 Å². The molecule has 2 N–H and O–H groups in total. The first-order valence-corrected chi connectivity index (χ1v) is 5.73. The van der Waals surface area contributed by atoms with E-state index in [4.69, 9.17) is 5.11 Å². The van der Waals surface area contributed by atoms with E-state index in [0.717, 1.165) is 0 Å². The number of carbonyl (C=O) groups excluding carboxylic acids is 1. The van der Waals surface area contributed by atoms with Crippen LogP contribution in [-0.4, -0.2) is 39.6 Å². The van der Waals surface area contributed by atoms with E-state index >= 15 is 0 Å². The van der Waals surface area contributed by atoms with Crippen LogP contribution in [0.3, 0.4) is 0 Å². The van der Waals surface area contributed by atoms with Crippen LogP contribution in [0.2, 0.25) is 0 Å². The summed E-state index contributed by atoms with van der Waals surface area (Å²) < 4.78 is 0. The maximum Gasteiger partial charge on any atom is 0.305 e. The number of phenols is 1. The SMILES string of the molecule is CC(C)N(CCC(=O)O)C(=O)c1cccc(O)c1. The molecular weight excluding hydrogens is 234 g/mol. The van der Waals surface area contributed by atoms with Crippen molar-refractivity contribution in [3.05, 3.63) is 29.8 Å². The normalized spacial score (nSPS) is 10.4. The van der Waals surface area contributed by atoms with Crippen LogP contribution >= 0.6 is 0 Å². The van der Waals surface area contributed by atoms with Crippen molar-refractivity contribution in [3.8, 4) is 5.75 Å². The summed E-state index contributed by atoms with van der Waals surface area (Å²) in [6, 6.07) is 5.93. The number of hydrogen-bond acceptors (Lipinski definition) is 3. The Hall–Kier alpha value is -2.04. The molecule has 0 radical (unpaired) electrons. The molecule has 0 atom stereocenters. The first-order chi connectivity index (χ1) is 8.41. The first-order valence-electron chi connectivity index (χ1n) is 5.73. The number of amides is 1. The lowest BCUT2D eigenvalue weighted by molar-refractivity contribution is -0.137. The van der Waals surface area contributed by atoms with Crippen molar-refractivity contribution in [2.45, 2.75) is 26.3 Å². The number of carboxylic acid groups (broad SMARTS) is 1. The van der Waals surface area contributed by atoms with E-state index in [9.17, 15) is 14.7 Å². The number of carboxylic acids is 1. The molecule has 1 aromatic rings. The van der Waals surface area contributed by atoms with Crippen molar-refractivity contribution in [3.63, 3.8) is 0 Å². The number of hydrogen-bond donors (Lipinski definition) is 2. The third kappa shape index (κ3) is 3.76. The van der Waals surface area contributed by atoms with Gasteiger partial charge in [-0.05, 0) is 32.0 Å². The van der Waals surface area contributed by atoms with Gasteiger partial charge in [0.2, 0.25) is 0 Å². The van der Waals surface area contributed by atoms with Crippen molar-refractivity contribution in [2.24, 2.45) is 0 Å². The third-order valence-corrected chi connectivity index (χ3v) is 2.54. The Balaban J connectivity index is 2.85. The second kappa shape index (κ2) is 6.05. The van der Waals surface area contributed by atoms with Gasteiger partial charge in [0.15, 0.2) is 0 Å². The van der Waals surface area contributed by atoms with Crippen molar-refractivity contribution in [2.75, 3.05) is 6.54 Å². The fourth-order valence-corrected chi connectivity index (χ4v) is 1.62. The summed E-state index contributed by atoms with van der Waals surface area (Å²) in [6.07, 6.45) is -0.0945. The molecule has 0 saturated heterocycles. The van der Waals surface area contributed by atoms with Gasteiger partial charge in [-0.1, -0.05) is 6.07 Å². The lowest BCUT2D eigenvalue weighted by Gasteiger charge is -2.26. The third-order valence-electron chi connectivity index (χ3n) is 2.54. The molecular formula is C13H17NO4. The van der Waals surface area contributed by atoms with Gasteiger partial charge in [0.25, 0.3) is 5.91 Å². The zero-order valence-corrected chi connectivity index (χ0v) is 10.5. The molecule has 0 aliphatic heterocycles. The number of rotatable bonds is 5. The highest BCUT2D eigenvalue weighted by Gasteiger charge is 2.19. The van der Waals surface area contributed by atoms with Gasteiger partial charge >= 0.3 is 5.97 Å². The summed E-state index contributed by atoms with van der Waals surface area (Å²) in [6.45, 7) is 3.80. The van der Waals surface area contributed by atoms with Crippen LogP contribution in [0.1, 0.15) is 30.6 Å². The van der Waals surface area contributed by atoms with Gasteiger partial charge in [0, 0.05) is 18.2 Å². The van der Waals surface area contributed by atoms with E-state index in [2.05, 4.69) is 0 Å². The predicted molar refractivity (Wildman–Crippen MR) is 66.5 cm³/mol. The van der Waals surface area contributed by atoms with Crippen LogP contribution in [0.15, 0.2) is 24.3 Å². The fraction of sp³-hybridized carbons (Fsp3) is 0.385. The van der Waals surface area contributed by atoms with Crippen molar-refractivity contribution in [1.82, 2.24) is 4.90 Å². The molecule has 0 saturated carbocycles. The van der Waals surface area contributed by atoms with Crippen LogP contribution in [0.5, 0.6) is 5.75 Å². The predicted octanol–water partition coefficient (Wildman–Crippen LogP) is 1.72. The summed E-state index contributed by atoms with van der Waals surface area (Å²) in [5, 5.41) is 18.0. The quantitative estimate of drug-likeness (QED) is 0.835. The van der Waals surface area contributed by atoms with E-state index in [1.54, 1.807) is 12.1 Å². The molecule has 18 heavy (non-hydrogen) atoms. The second-order valence-electron chi connectivity index (χ2n) is 4.29. The largest absolute Gasteiger partial charge is 0.508 e. The number of aromatic hydroxyl groups is 1. The van der Waals surface area contributed by atoms with Gasteiger partial charge in [-0.2, -0.15) is 0 Å². The molecule has 0 aliphatic carbocycles. The van der Waals surface area contributed by atoms with Crippen LogP contribution < -0.4 is 0 Å². The number of nitrogens with zero attached hydrogens (tertiary/aromatic N) is 1. The maximum absolute atomic E-state index is 12.2. The summed E-state index contributed by atoms with van der Waals surface area (Å²) in [5.41, 5.74) is 0.356.